The largest absolute Gasteiger partial charge is 0.384 e. The molecular formula is C29H30N6OS. The first kappa shape index (κ1) is 25.9. The number of nitrogens with zero attached hydrogens (tertiary/aromatic N) is 4. The number of rotatable bonds is 10. The topological polar surface area (TPSA) is 82.5 Å². The van der Waals surface area contributed by atoms with Crippen molar-refractivity contribution in [3.8, 4) is 10.6 Å². The Morgan fingerprint density at radius 1 is 1.08 bits per heavy atom. The van der Waals surface area contributed by atoms with Gasteiger partial charge in [-0.2, -0.15) is 0 Å². The Kier molecular flexibility index (Phi) is 8.56. The van der Waals surface area contributed by atoms with E-state index in [1.54, 1.807) is 12.3 Å². The highest BCUT2D eigenvalue weighted by Crippen LogP contribution is 2.33. The molecule has 0 spiro atoms. The van der Waals surface area contributed by atoms with Crippen LogP contribution in [0, 0.1) is 0 Å². The van der Waals surface area contributed by atoms with Crippen LogP contribution in [0.15, 0.2) is 102 Å². The van der Waals surface area contributed by atoms with Gasteiger partial charge in [0.1, 0.15) is 21.1 Å². The van der Waals surface area contributed by atoms with E-state index in [9.17, 15) is 4.79 Å². The fourth-order valence-electron chi connectivity index (χ4n) is 3.58. The van der Waals surface area contributed by atoms with Gasteiger partial charge < -0.3 is 15.5 Å². The Morgan fingerprint density at radius 2 is 1.84 bits per heavy atom. The molecule has 37 heavy (non-hydrogen) atoms. The number of amides is 1. The predicted molar refractivity (Wildman–Crippen MR) is 154 cm³/mol. The number of hydrogen-bond acceptors (Lipinski definition) is 7. The van der Waals surface area contributed by atoms with E-state index in [1.807, 2.05) is 87.7 Å². The van der Waals surface area contributed by atoms with Gasteiger partial charge in [0.15, 0.2) is 0 Å². The Hall–Kier alpha value is -4.14. The summed E-state index contributed by atoms with van der Waals surface area (Å²) in [5, 5.41) is 7.08. The molecule has 2 N–H and O–H groups in total. The summed E-state index contributed by atoms with van der Waals surface area (Å²) in [6, 6.07) is 21.2. The lowest BCUT2D eigenvalue weighted by Gasteiger charge is -2.13. The number of carbonyl (C=O) groups excluding carboxylic acids is 1. The van der Waals surface area contributed by atoms with Crippen molar-refractivity contribution < 1.29 is 4.79 Å². The average molecular weight is 511 g/mol. The highest BCUT2D eigenvalue weighted by Gasteiger charge is 2.16. The summed E-state index contributed by atoms with van der Waals surface area (Å²) >= 11 is 1.49. The number of thiazole rings is 1. The maximum atomic E-state index is 13.6. The van der Waals surface area contributed by atoms with Gasteiger partial charge in [-0.3, -0.25) is 4.79 Å². The van der Waals surface area contributed by atoms with Crippen LogP contribution in [0.25, 0.3) is 20.9 Å². The average Bonchev–Trinajstić information content (AvgIpc) is 3.33. The number of anilines is 1. The first-order valence-electron chi connectivity index (χ1n) is 11.9. The van der Waals surface area contributed by atoms with E-state index in [0.717, 1.165) is 38.7 Å². The van der Waals surface area contributed by atoms with Gasteiger partial charge in [0, 0.05) is 36.3 Å². The van der Waals surface area contributed by atoms with Crippen LogP contribution in [0.1, 0.15) is 12.5 Å². The van der Waals surface area contributed by atoms with E-state index in [1.165, 1.54) is 11.3 Å². The third kappa shape index (κ3) is 6.97. The zero-order chi connectivity index (χ0) is 26.2. The molecule has 0 unspecified atom stereocenters. The Balaban J connectivity index is 1.63. The van der Waals surface area contributed by atoms with Gasteiger partial charge in [0.05, 0.1) is 5.69 Å². The van der Waals surface area contributed by atoms with Gasteiger partial charge in [-0.25, -0.2) is 15.0 Å². The highest BCUT2D eigenvalue weighted by atomic mass is 32.1. The molecule has 0 saturated heterocycles. The standard InChI is InChI=1S/C29H30N6OS/c1-20(30-17-18-35(3)4)19-26(32-21(2)22-11-6-5-7-12-22)27(36)33-24-14-9-8-13-23(24)28-34-25-15-10-16-31-29(25)37-28/h5-16,19,30H,1,17-18H2,2-4H3,(H,33,36)/b26-19-,32-21?. The quantitative estimate of drug-likeness (QED) is 0.171. The second-order valence-corrected chi connectivity index (χ2v) is 9.67. The number of fused-ring (bicyclic) bond motifs is 1. The first-order valence-corrected chi connectivity index (χ1v) is 12.7. The molecule has 0 aliphatic heterocycles. The third-order valence-electron chi connectivity index (χ3n) is 5.51. The summed E-state index contributed by atoms with van der Waals surface area (Å²) in [4.78, 5) is 30.3. The Morgan fingerprint density at radius 3 is 2.59 bits per heavy atom. The number of aromatic nitrogens is 2. The smallest absolute Gasteiger partial charge is 0.274 e. The Bertz CT molecular complexity index is 1420. The summed E-state index contributed by atoms with van der Waals surface area (Å²) in [7, 11) is 4.01. The molecule has 188 valence electrons. The van der Waals surface area contributed by atoms with Gasteiger partial charge in [0.25, 0.3) is 5.91 Å². The minimum Gasteiger partial charge on any atom is -0.384 e. The third-order valence-corrected chi connectivity index (χ3v) is 6.52. The number of benzene rings is 2. The SMILES string of the molecule is C=C(/C=C(\N=C(C)c1ccccc1)C(=O)Nc1ccccc1-c1nc2cccnc2s1)NCCN(C)C. The molecule has 2 aromatic heterocycles. The van der Waals surface area contributed by atoms with Crippen LogP contribution in [0.4, 0.5) is 5.69 Å². The van der Waals surface area contributed by atoms with Gasteiger partial charge in [0.2, 0.25) is 0 Å². The zero-order valence-corrected chi connectivity index (χ0v) is 22.0. The van der Waals surface area contributed by atoms with Gasteiger partial charge >= 0.3 is 0 Å². The molecular weight excluding hydrogens is 480 g/mol. The molecule has 0 bridgehead atoms. The lowest BCUT2D eigenvalue weighted by atomic mass is 10.1. The van der Waals surface area contributed by atoms with Crippen molar-refractivity contribution in [3.05, 3.63) is 103 Å². The molecule has 1 amide bonds. The number of likely N-dealkylation sites (N-methyl/N-ethyl adjacent to an activating group) is 1. The van der Waals surface area contributed by atoms with Crippen molar-refractivity contribution in [1.82, 2.24) is 20.2 Å². The molecule has 7 nitrogen and oxygen atoms in total. The van der Waals surface area contributed by atoms with Crippen LogP contribution in [-0.4, -0.2) is 53.7 Å². The molecule has 0 radical (unpaired) electrons. The van der Waals surface area contributed by atoms with Crippen LogP contribution in [-0.2, 0) is 4.79 Å². The highest BCUT2D eigenvalue weighted by molar-refractivity contribution is 7.21. The molecule has 0 aliphatic carbocycles. The lowest BCUT2D eigenvalue weighted by molar-refractivity contribution is -0.112. The van der Waals surface area contributed by atoms with Crippen molar-refractivity contribution in [3.63, 3.8) is 0 Å². The summed E-state index contributed by atoms with van der Waals surface area (Å²) in [5.74, 6) is -0.336. The van der Waals surface area contributed by atoms with Crippen LogP contribution in [0.5, 0.6) is 0 Å². The first-order chi connectivity index (χ1) is 17.9. The molecule has 4 rings (SSSR count). The summed E-state index contributed by atoms with van der Waals surface area (Å²) in [6.45, 7) is 7.51. The van der Waals surface area contributed by atoms with Crippen molar-refractivity contribution in [2.24, 2.45) is 4.99 Å². The van der Waals surface area contributed by atoms with Gasteiger partial charge in [-0.1, -0.05) is 60.4 Å². The van der Waals surface area contributed by atoms with E-state index >= 15 is 0 Å². The van der Waals surface area contributed by atoms with E-state index in [2.05, 4.69) is 27.1 Å². The minimum atomic E-state index is -0.336. The number of allylic oxidation sites excluding steroid dienone is 1. The number of aliphatic imine (C=N–C) groups is 1. The maximum Gasteiger partial charge on any atom is 0.274 e. The number of pyridine rings is 1. The van der Waals surface area contributed by atoms with E-state index in [4.69, 9.17) is 9.98 Å². The second-order valence-electron chi connectivity index (χ2n) is 8.69. The molecule has 2 aromatic carbocycles. The number of nitrogens with one attached hydrogen (secondary N) is 2. The predicted octanol–water partition coefficient (Wildman–Crippen LogP) is 5.35. The van der Waals surface area contributed by atoms with Crippen LogP contribution in [0.2, 0.25) is 0 Å². The Labute approximate surface area is 221 Å². The van der Waals surface area contributed by atoms with Crippen molar-refractivity contribution in [2.75, 3.05) is 32.5 Å². The second kappa shape index (κ2) is 12.2. The van der Waals surface area contributed by atoms with Crippen LogP contribution in [0.3, 0.4) is 0 Å². The monoisotopic (exact) mass is 510 g/mol. The van der Waals surface area contributed by atoms with Gasteiger partial charge in [-0.15, -0.1) is 0 Å². The normalized spacial score (nSPS) is 12.1. The van der Waals surface area contributed by atoms with Gasteiger partial charge in [-0.05, 0) is 56.9 Å². The summed E-state index contributed by atoms with van der Waals surface area (Å²) < 4.78 is 0. The van der Waals surface area contributed by atoms with Crippen LogP contribution < -0.4 is 10.6 Å². The molecule has 0 aliphatic rings. The summed E-state index contributed by atoms with van der Waals surface area (Å²) in [6.07, 6.45) is 3.43. The molecule has 0 saturated carbocycles. The van der Waals surface area contributed by atoms with E-state index in [-0.39, 0.29) is 11.6 Å². The minimum absolute atomic E-state index is 0.254. The maximum absolute atomic E-state index is 13.6. The lowest BCUT2D eigenvalue weighted by Crippen LogP contribution is -2.25. The number of carbonyl (C=O) groups is 1. The van der Waals surface area contributed by atoms with E-state index < -0.39 is 0 Å². The molecule has 4 aromatic rings. The van der Waals surface area contributed by atoms with Crippen molar-refractivity contribution in [1.29, 1.82) is 0 Å². The number of para-hydroxylation sites is 1. The fraction of sp³-hybridized carbons (Fsp3) is 0.172. The summed E-state index contributed by atoms with van der Waals surface area (Å²) in [5.41, 5.74) is 4.84. The molecule has 0 fully saturated rings. The van der Waals surface area contributed by atoms with Crippen molar-refractivity contribution in [2.45, 2.75) is 6.92 Å². The molecule has 2 heterocycles. The zero-order valence-electron chi connectivity index (χ0n) is 21.2. The van der Waals surface area contributed by atoms with Crippen molar-refractivity contribution >= 4 is 39.0 Å². The van der Waals surface area contributed by atoms with Crippen LogP contribution >= 0.6 is 11.3 Å². The molecule has 8 heteroatoms. The molecule has 0 atom stereocenters. The number of hydrogen-bond donors (Lipinski definition) is 2. The van der Waals surface area contributed by atoms with E-state index in [0.29, 0.717) is 17.9 Å². The fourth-order valence-corrected chi connectivity index (χ4v) is 4.53.